The van der Waals surface area contributed by atoms with Gasteiger partial charge in [-0.25, -0.2) is 8.78 Å². The number of anilines is 1. The number of halogens is 2. The third-order valence-corrected chi connectivity index (χ3v) is 3.57. The van der Waals surface area contributed by atoms with Gasteiger partial charge in [-0.05, 0) is 44.0 Å². The molecule has 1 aliphatic heterocycles. The summed E-state index contributed by atoms with van der Waals surface area (Å²) in [6.07, 6.45) is 1.86. The molecule has 1 N–H and O–H groups in total. The summed E-state index contributed by atoms with van der Waals surface area (Å²) in [7, 11) is 0. The highest BCUT2D eigenvalue weighted by molar-refractivity contribution is 5.48. The Morgan fingerprint density at radius 3 is 2.28 bits per heavy atom. The van der Waals surface area contributed by atoms with Crippen LogP contribution in [-0.4, -0.2) is 30.6 Å². The monoisotopic (exact) mass is 254 g/mol. The van der Waals surface area contributed by atoms with Crippen molar-refractivity contribution in [1.29, 1.82) is 0 Å². The second-order valence-corrected chi connectivity index (χ2v) is 4.96. The normalized spacial score (nSPS) is 18.0. The zero-order valence-corrected chi connectivity index (χ0v) is 11.0. The van der Waals surface area contributed by atoms with Crippen LogP contribution in [0, 0.1) is 18.6 Å². The minimum atomic E-state index is -0.495. The molecule has 0 saturated carbocycles. The number of hydrogen-bond donors (Lipinski definition) is 1. The smallest absolute Gasteiger partial charge is 0.149 e. The SMILES string of the molecule is CCN1CCC(Nc2c(F)cc(C)cc2F)CC1. The van der Waals surface area contributed by atoms with Crippen molar-refractivity contribution in [2.24, 2.45) is 0 Å². The maximum atomic E-state index is 13.7. The van der Waals surface area contributed by atoms with Crippen molar-refractivity contribution in [1.82, 2.24) is 4.90 Å². The number of hydrogen-bond acceptors (Lipinski definition) is 2. The topological polar surface area (TPSA) is 15.3 Å². The van der Waals surface area contributed by atoms with Gasteiger partial charge >= 0.3 is 0 Å². The molecule has 0 radical (unpaired) electrons. The van der Waals surface area contributed by atoms with Gasteiger partial charge in [0.2, 0.25) is 0 Å². The summed E-state index contributed by atoms with van der Waals surface area (Å²) in [4.78, 5) is 2.35. The highest BCUT2D eigenvalue weighted by Crippen LogP contribution is 2.23. The van der Waals surface area contributed by atoms with E-state index in [4.69, 9.17) is 0 Å². The molecule has 2 nitrogen and oxygen atoms in total. The van der Waals surface area contributed by atoms with Crippen molar-refractivity contribution < 1.29 is 8.78 Å². The number of piperidine rings is 1. The highest BCUT2D eigenvalue weighted by Gasteiger charge is 2.20. The Hall–Kier alpha value is -1.16. The van der Waals surface area contributed by atoms with Crippen molar-refractivity contribution in [3.8, 4) is 0 Å². The van der Waals surface area contributed by atoms with E-state index in [9.17, 15) is 8.78 Å². The fourth-order valence-corrected chi connectivity index (χ4v) is 2.44. The quantitative estimate of drug-likeness (QED) is 0.891. The predicted molar refractivity (Wildman–Crippen MR) is 69.9 cm³/mol. The molecule has 1 aliphatic rings. The number of likely N-dealkylation sites (tertiary alicyclic amines) is 1. The van der Waals surface area contributed by atoms with Gasteiger partial charge in [0, 0.05) is 19.1 Å². The molecule has 0 unspecified atom stereocenters. The predicted octanol–water partition coefficient (Wildman–Crippen LogP) is 3.17. The second-order valence-electron chi connectivity index (χ2n) is 4.96. The molecular weight excluding hydrogens is 234 g/mol. The molecule has 1 fully saturated rings. The van der Waals surface area contributed by atoms with Crippen LogP contribution >= 0.6 is 0 Å². The molecule has 2 rings (SSSR count). The number of rotatable bonds is 3. The molecule has 0 amide bonds. The van der Waals surface area contributed by atoms with Crippen LogP contribution < -0.4 is 5.32 Å². The lowest BCUT2D eigenvalue weighted by molar-refractivity contribution is 0.229. The molecule has 0 spiro atoms. The van der Waals surface area contributed by atoms with Crippen LogP contribution in [0.5, 0.6) is 0 Å². The standard InChI is InChI=1S/C14H20F2N2/c1-3-18-6-4-11(5-7-18)17-14-12(15)8-10(2)9-13(14)16/h8-9,11,17H,3-7H2,1-2H3. The van der Waals surface area contributed by atoms with Gasteiger partial charge in [-0.3, -0.25) is 0 Å². The third-order valence-electron chi connectivity index (χ3n) is 3.57. The van der Waals surface area contributed by atoms with Crippen LogP contribution in [0.25, 0.3) is 0 Å². The third kappa shape index (κ3) is 2.99. The molecule has 100 valence electrons. The van der Waals surface area contributed by atoms with Gasteiger partial charge in [0.15, 0.2) is 0 Å². The van der Waals surface area contributed by atoms with Crippen molar-refractivity contribution in [2.45, 2.75) is 32.7 Å². The molecule has 1 aromatic rings. The van der Waals surface area contributed by atoms with Crippen LogP contribution in [0.2, 0.25) is 0 Å². The highest BCUT2D eigenvalue weighted by atomic mass is 19.1. The number of nitrogens with zero attached hydrogens (tertiary/aromatic N) is 1. The van der Waals surface area contributed by atoms with E-state index in [1.165, 1.54) is 12.1 Å². The molecule has 4 heteroatoms. The Bertz CT molecular complexity index is 389. The maximum Gasteiger partial charge on any atom is 0.149 e. The van der Waals surface area contributed by atoms with E-state index >= 15 is 0 Å². The largest absolute Gasteiger partial charge is 0.377 e. The summed E-state index contributed by atoms with van der Waals surface area (Å²) in [6, 6.07) is 2.90. The van der Waals surface area contributed by atoms with Crippen molar-refractivity contribution in [3.05, 3.63) is 29.3 Å². The molecule has 1 saturated heterocycles. The first-order valence-electron chi connectivity index (χ1n) is 6.54. The van der Waals surface area contributed by atoms with Gasteiger partial charge in [0.1, 0.15) is 17.3 Å². The number of benzene rings is 1. The first-order valence-corrected chi connectivity index (χ1v) is 6.54. The van der Waals surface area contributed by atoms with E-state index in [1.54, 1.807) is 6.92 Å². The van der Waals surface area contributed by atoms with E-state index in [2.05, 4.69) is 17.1 Å². The van der Waals surface area contributed by atoms with Gasteiger partial charge in [-0.1, -0.05) is 6.92 Å². The van der Waals surface area contributed by atoms with Gasteiger partial charge in [0.05, 0.1) is 0 Å². The molecular formula is C14H20F2N2. The maximum absolute atomic E-state index is 13.7. The Morgan fingerprint density at radius 1 is 1.22 bits per heavy atom. The van der Waals surface area contributed by atoms with Crippen molar-refractivity contribution in [2.75, 3.05) is 25.0 Å². The molecule has 18 heavy (non-hydrogen) atoms. The average molecular weight is 254 g/mol. The van der Waals surface area contributed by atoms with Gasteiger partial charge < -0.3 is 10.2 Å². The summed E-state index contributed by atoms with van der Waals surface area (Å²) >= 11 is 0. The number of nitrogens with one attached hydrogen (secondary N) is 1. The molecule has 0 aromatic heterocycles. The minimum absolute atomic E-state index is 0.0237. The van der Waals surface area contributed by atoms with E-state index in [0.29, 0.717) is 5.56 Å². The fraction of sp³-hybridized carbons (Fsp3) is 0.571. The van der Waals surface area contributed by atoms with Crippen LogP contribution in [0.4, 0.5) is 14.5 Å². The molecule has 0 aliphatic carbocycles. The average Bonchev–Trinajstić information content (AvgIpc) is 2.34. The van der Waals surface area contributed by atoms with Crippen molar-refractivity contribution >= 4 is 5.69 Å². The molecule has 0 bridgehead atoms. The van der Waals surface area contributed by atoms with Crippen LogP contribution in [0.15, 0.2) is 12.1 Å². The summed E-state index contributed by atoms with van der Waals surface area (Å²) < 4.78 is 27.4. The van der Waals surface area contributed by atoms with Crippen LogP contribution in [0.3, 0.4) is 0 Å². The van der Waals surface area contributed by atoms with Gasteiger partial charge in [-0.15, -0.1) is 0 Å². The summed E-state index contributed by atoms with van der Waals surface area (Å²) in [6.45, 7) is 6.84. The lowest BCUT2D eigenvalue weighted by Crippen LogP contribution is -2.39. The lowest BCUT2D eigenvalue weighted by Gasteiger charge is -2.32. The second kappa shape index (κ2) is 5.65. The Labute approximate surface area is 107 Å². The Morgan fingerprint density at radius 2 is 1.78 bits per heavy atom. The van der Waals surface area contributed by atoms with Gasteiger partial charge in [-0.2, -0.15) is 0 Å². The first kappa shape index (κ1) is 13.3. The van der Waals surface area contributed by atoms with E-state index in [0.717, 1.165) is 32.5 Å². The van der Waals surface area contributed by atoms with Crippen LogP contribution in [-0.2, 0) is 0 Å². The van der Waals surface area contributed by atoms with Crippen LogP contribution in [0.1, 0.15) is 25.3 Å². The lowest BCUT2D eigenvalue weighted by atomic mass is 10.0. The Balaban J connectivity index is 2.02. The molecule has 1 heterocycles. The minimum Gasteiger partial charge on any atom is -0.377 e. The summed E-state index contributed by atoms with van der Waals surface area (Å²) in [5.41, 5.74) is 0.631. The number of aryl methyl sites for hydroxylation is 1. The van der Waals surface area contributed by atoms with Crippen molar-refractivity contribution in [3.63, 3.8) is 0 Å². The molecule has 1 aromatic carbocycles. The van der Waals surface area contributed by atoms with Gasteiger partial charge in [0.25, 0.3) is 0 Å². The zero-order valence-electron chi connectivity index (χ0n) is 11.0. The van der Waals surface area contributed by atoms with E-state index in [1.807, 2.05) is 0 Å². The van der Waals surface area contributed by atoms with E-state index in [-0.39, 0.29) is 11.7 Å². The Kier molecular flexibility index (Phi) is 4.17. The molecule has 0 atom stereocenters. The summed E-state index contributed by atoms with van der Waals surface area (Å²) in [5.74, 6) is -0.990. The summed E-state index contributed by atoms with van der Waals surface area (Å²) in [5, 5.41) is 3.01. The first-order chi connectivity index (χ1) is 8.60. The van der Waals surface area contributed by atoms with E-state index < -0.39 is 11.6 Å². The fourth-order valence-electron chi connectivity index (χ4n) is 2.44. The zero-order chi connectivity index (χ0) is 13.1.